The van der Waals surface area contributed by atoms with Crippen molar-refractivity contribution in [2.24, 2.45) is 0 Å². The molecule has 0 saturated heterocycles. The summed E-state index contributed by atoms with van der Waals surface area (Å²) in [6.45, 7) is 2.11. The highest BCUT2D eigenvalue weighted by Gasteiger charge is 2.09. The number of thiophene rings is 1. The number of nitrogens with one attached hydrogen (secondary N) is 3. The molecular formula is C11H13N5O2S. The summed E-state index contributed by atoms with van der Waals surface area (Å²) in [7, 11) is 0. The largest absolute Gasteiger partial charge is 0.347 e. The third-order valence-corrected chi connectivity index (χ3v) is 3.29. The van der Waals surface area contributed by atoms with Gasteiger partial charge >= 0.3 is 0 Å². The lowest BCUT2D eigenvalue weighted by molar-refractivity contribution is -0.120. The molecule has 0 bridgehead atoms. The standard InChI is InChI=1S/C11H13N5O2S/c1-7-2-3-8(19-7)11(18)13-5-10(17)12-4-9-14-6-15-16-9/h2-3,6H,4-5H2,1H3,(H,12,17)(H,13,18)(H,14,15,16). The van der Waals surface area contributed by atoms with Crippen molar-refractivity contribution < 1.29 is 9.59 Å². The van der Waals surface area contributed by atoms with Crippen molar-refractivity contribution >= 4 is 23.2 Å². The van der Waals surface area contributed by atoms with Crippen LogP contribution < -0.4 is 10.6 Å². The molecule has 100 valence electrons. The van der Waals surface area contributed by atoms with Crippen LogP contribution in [0.4, 0.5) is 0 Å². The van der Waals surface area contributed by atoms with Gasteiger partial charge in [0.25, 0.3) is 5.91 Å². The van der Waals surface area contributed by atoms with Crippen molar-refractivity contribution in [3.63, 3.8) is 0 Å². The molecule has 2 rings (SSSR count). The molecule has 0 radical (unpaired) electrons. The molecule has 2 heterocycles. The first-order chi connectivity index (χ1) is 9.15. The van der Waals surface area contributed by atoms with Gasteiger partial charge in [-0.05, 0) is 19.1 Å². The molecule has 19 heavy (non-hydrogen) atoms. The van der Waals surface area contributed by atoms with Gasteiger partial charge in [-0.15, -0.1) is 11.3 Å². The van der Waals surface area contributed by atoms with Crippen molar-refractivity contribution in [1.82, 2.24) is 25.8 Å². The number of aromatic nitrogens is 3. The summed E-state index contributed by atoms with van der Waals surface area (Å²) in [5, 5.41) is 11.5. The SMILES string of the molecule is Cc1ccc(C(=O)NCC(=O)NCc2ncn[nH]2)s1. The zero-order chi connectivity index (χ0) is 13.7. The smallest absolute Gasteiger partial charge is 0.261 e. The van der Waals surface area contributed by atoms with E-state index in [2.05, 4.69) is 25.8 Å². The van der Waals surface area contributed by atoms with E-state index in [1.54, 1.807) is 6.07 Å². The fraction of sp³-hybridized carbons (Fsp3) is 0.273. The first-order valence-corrected chi connectivity index (χ1v) is 6.42. The minimum atomic E-state index is -0.280. The summed E-state index contributed by atoms with van der Waals surface area (Å²) in [4.78, 5) is 28.7. The van der Waals surface area contributed by atoms with Gasteiger partial charge in [-0.1, -0.05) is 0 Å². The average molecular weight is 279 g/mol. The van der Waals surface area contributed by atoms with Gasteiger partial charge in [0.05, 0.1) is 18.0 Å². The van der Waals surface area contributed by atoms with Crippen LogP contribution >= 0.6 is 11.3 Å². The lowest BCUT2D eigenvalue weighted by Crippen LogP contribution is -2.36. The number of hydrogen-bond donors (Lipinski definition) is 3. The van der Waals surface area contributed by atoms with Crippen LogP contribution in [-0.2, 0) is 11.3 Å². The molecule has 0 aromatic carbocycles. The molecule has 0 atom stereocenters. The van der Waals surface area contributed by atoms with Crippen LogP contribution in [0.3, 0.4) is 0 Å². The maximum atomic E-state index is 11.7. The van der Waals surface area contributed by atoms with Crippen LogP contribution in [0.25, 0.3) is 0 Å². The molecule has 2 aromatic heterocycles. The van der Waals surface area contributed by atoms with E-state index in [0.717, 1.165) is 4.88 Å². The maximum absolute atomic E-state index is 11.7. The van der Waals surface area contributed by atoms with Crippen LogP contribution in [0.2, 0.25) is 0 Å². The van der Waals surface area contributed by atoms with Gasteiger partial charge in [0.15, 0.2) is 0 Å². The molecule has 7 nitrogen and oxygen atoms in total. The fourth-order valence-electron chi connectivity index (χ4n) is 1.37. The Morgan fingerprint density at radius 3 is 2.84 bits per heavy atom. The van der Waals surface area contributed by atoms with E-state index >= 15 is 0 Å². The number of carbonyl (C=O) groups excluding carboxylic acids is 2. The second-order valence-electron chi connectivity index (χ2n) is 3.80. The monoisotopic (exact) mass is 279 g/mol. The molecule has 0 aliphatic heterocycles. The quantitative estimate of drug-likeness (QED) is 0.729. The van der Waals surface area contributed by atoms with Crippen molar-refractivity contribution in [3.8, 4) is 0 Å². The van der Waals surface area contributed by atoms with Gasteiger partial charge < -0.3 is 10.6 Å². The highest BCUT2D eigenvalue weighted by atomic mass is 32.1. The third kappa shape index (κ3) is 3.88. The molecule has 0 aliphatic carbocycles. The molecule has 0 aliphatic rings. The summed E-state index contributed by atoms with van der Waals surface area (Å²) < 4.78 is 0. The molecule has 2 aromatic rings. The van der Waals surface area contributed by atoms with Gasteiger partial charge in [0, 0.05) is 4.88 Å². The van der Waals surface area contributed by atoms with Crippen LogP contribution in [0, 0.1) is 6.92 Å². The minimum Gasteiger partial charge on any atom is -0.347 e. The highest BCUT2D eigenvalue weighted by molar-refractivity contribution is 7.13. The number of hydrogen-bond acceptors (Lipinski definition) is 5. The van der Waals surface area contributed by atoms with Gasteiger partial charge in [-0.2, -0.15) is 5.10 Å². The Bertz CT molecular complexity index is 563. The number of rotatable bonds is 5. The highest BCUT2D eigenvalue weighted by Crippen LogP contribution is 2.14. The van der Waals surface area contributed by atoms with E-state index in [1.807, 2.05) is 13.0 Å². The molecule has 8 heteroatoms. The van der Waals surface area contributed by atoms with Crippen LogP contribution in [0.1, 0.15) is 20.4 Å². The van der Waals surface area contributed by atoms with Crippen molar-refractivity contribution in [1.29, 1.82) is 0 Å². The van der Waals surface area contributed by atoms with Crippen molar-refractivity contribution in [2.45, 2.75) is 13.5 Å². The fourth-order valence-corrected chi connectivity index (χ4v) is 2.15. The van der Waals surface area contributed by atoms with Gasteiger partial charge in [0.1, 0.15) is 12.2 Å². The summed E-state index contributed by atoms with van der Waals surface area (Å²) >= 11 is 1.39. The lowest BCUT2D eigenvalue weighted by atomic mass is 10.4. The Hall–Kier alpha value is -2.22. The molecule has 0 fully saturated rings. The van der Waals surface area contributed by atoms with E-state index < -0.39 is 0 Å². The Morgan fingerprint density at radius 2 is 2.21 bits per heavy atom. The van der Waals surface area contributed by atoms with Gasteiger partial charge in [-0.25, -0.2) is 4.98 Å². The maximum Gasteiger partial charge on any atom is 0.261 e. The van der Waals surface area contributed by atoms with Crippen molar-refractivity contribution in [3.05, 3.63) is 34.0 Å². The number of carbonyl (C=O) groups is 2. The summed E-state index contributed by atoms with van der Waals surface area (Å²) in [6.07, 6.45) is 1.36. The number of amides is 2. The number of aromatic amines is 1. The number of nitrogens with zero attached hydrogens (tertiary/aromatic N) is 2. The van der Waals surface area contributed by atoms with Gasteiger partial charge in [0.2, 0.25) is 5.91 Å². The Morgan fingerprint density at radius 1 is 1.37 bits per heavy atom. The lowest BCUT2D eigenvalue weighted by Gasteiger charge is -2.04. The van der Waals surface area contributed by atoms with Crippen molar-refractivity contribution in [2.75, 3.05) is 6.54 Å². The Labute approximate surface area is 113 Å². The minimum absolute atomic E-state index is 0.0656. The van der Waals surface area contributed by atoms with E-state index in [9.17, 15) is 9.59 Å². The molecular weight excluding hydrogens is 266 g/mol. The molecule has 0 spiro atoms. The average Bonchev–Trinajstić information content (AvgIpc) is 3.04. The van der Waals surface area contributed by atoms with E-state index in [4.69, 9.17) is 0 Å². The number of H-pyrrole nitrogens is 1. The van der Waals surface area contributed by atoms with Crippen LogP contribution in [0.5, 0.6) is 0 Å². The Kier molecular flexibility index (Phi) is 4.24. The van der Waals surface area contributed by atoms with E-state index in [-0.39, 0.29) is 24.9 Å². The third-order valence-electron chi connectivity index (χ3n) is 2.29. The first-order valence-electron chi connectivity index (χ1n) is 5.61. The topological polar surface area (TPSA) is 99.8 Å². The molecule has 2 amide bonds. The normalized spacial score (nSPS) is 10.2. The predicted octanol–water partition coefficient (Wildman–Crippen LogP) is 0.221. The molecule has 0 saturated carbocycles. The zero-order valence-electron chi connectivity index (χ0n) is 10.3. The van der Waals surface area contributed by atoms with E-state index in [0.29, 0.717) is 10.7 Å². The zero-order valence-corrected chi connectivity index (χ0v) is 11.1. The van der Waals surface area contributed by atoms with E-state index in [1.165, 1.54) is 17.7 Å². The van der Waals surface area contributed by atoms with Crippen LogP contribution in [-0.4, -0.2) is 33.5 Å². The van der Waals surface area contributed by atoms with Gasteiger partial charge in [-0.3, -0.25) is 14.7 Å². The second-order valence-corrected chi connectivity index (χ2v) is 5.09. The molecule has 3 N–H and O–H groups in total. The second kappa shape index (κ2) is 6.10. The summed E-state index contributed by atoms with van der Waals surface area (Å²) in [5.41, 5.74) is 0. The first kappa shape index (κ1) is 13.2. The molecule has 0 unspecified atom stereocenters. The Balaban J connectivity index is 1.73. The summed E-state index contributed by atoms with van der Waals surface area (Å²) in [5.74, 6) is 0.0412. The summed E-state index contributed by atoms with van der Waals surface area (Å²) in [6, 6.07) is 3.60. The predicted molar refractivity (Wildman–Crippen MR) is 69.6 cm³/mol. The number of aryl methyl sites for hydroxylation is 1. The van der Waals surface area contributed by atoms with Crippen LogP contribution in [0.15, 0.2) is 18.5 Å².